The number of nitrogens with one attached hydrogen (secondary N) is 1. The van der Waals surface area contributed by atoms with E-state index in [0.29, 0.717) is 16.6 Å². The van der Waals surface area contributed by atoms with Crippen molar-refractivity contribution in [1.29, 1.82) is 0 Å². The van der Waals surface area contributed by atoms with Crippen LogP contribution in [0.5, 0.6) is 0 Å². The quantitative estimate of drug-likeness (QED) is 0.549. The lowest BCUT2D eigenvalue weighted by molar-refractivity contribution is 0.0599. The minimum Gasteiger partial charge on any atom is -0.466 e. The van der Waals surface area contributed by atoms with E-state index in [1.165, 1.54) is 31.8 Å². The Labute approximate surface area is 154 Å². The number of imidazole rings is 1. The van der Waals surface area contributed by atoms with E-state index in [0.717, 1.165) is 0 Å². The summed E-state index contributed by atoms with van der Waals surface area (Å²) in [5.41, 5.74) is 1.04. The molecular formula is C18H17N5O4. The second kappa shape index (κ2) is 6.57. The Morgan fingerprint density at radius 3 is 2.63 bits per heavy atom. The van der Waals surface area contributed by atoms with Crippen LogP contribution >= 0.6 is 0 Å². The highest BCUT2D eigenvalue weighted by Crippen LogP contribution is 2.29. The van der Waals surface area contributed by atoms with E-state index in [4.69, 9.17) is 16.0 Å². The number of rotatable bonds is 2. The van der Waals surface area contributed by atoms with E-state index in [1.54, 1.807) is 25.2 Å². The molecule has 9 nitrogen and oxygen atoms in total. The van der Waals surface area contributed by atoms with Crippen LogP contribution in [0.1, 0.15) is 31.1 Å². The average molecular weight is 367 g/mol. The van der Waals surface area contributed by atoms with Crippen molar-refractivity contribution in [1.82, 2.24) is 14.4 Å². The molecule has 0 aliphatic rings. The molecule has 0 radical (unpaired) electrons. The van der Waals surface area contributed by atoms with E-state index in [1.807, 2.05) is 0 Å². The van der Waals surface area contributed by atoms with Crippen LogP contribution < -0.4 is 5.32 Å². The molecule has 0 fully saturated rings. The van der Waals surface area contributed by atoms with Gasteiger partial charge < -0.3 is 9.47 Å². The minimum absolute atomic E-state index is 0.101. The molecule has 0 atom stereocenters. The zero-order valence-corrected chi connectivity index (χ0v) is 15.2. The fourth-order valence-electron chi connectivity index (χ4n) is 2.55. The molecule has 1 amide bonds. The number of carbonyl (C=O) groups excluding carboxylic acids is 2. The second-order valence-electron chi connectivity index (χ2n) is 6.70. The molecule has 0 saturated heterocycles. The van der Waals surface area contributed by atoms with Gasteiger partial charge in [0.2, 0.25) is 5.69 Å². The maximum Gasteiger partial charge on any atom is 0.413 e. The SMILES string of the molecule is [C-]#[N+]c1cc2nc(NC(=O)OC(C)(C)C)c3cncn3c2cc1C(=O)OC. The van der Waals surface area contributed by atoms with E-state index >= 15 is 0 Å². The monoisotopic (exact) mass is 367 g/mol. The molecular weight excluding hydrogens is 350 g/mol. The molecule has 0 aliphatic heterocycles. The van der Waals surface area contributed by atoms with Crippen molar-refractivity contribution in [2.24, 2.45) is 0 Å². The lowest BCUT2D eigenvalue weighted by atomic mass is 10.1. The number of amides is 1. The first-order valence-corrected chi connectivity index (χ1v) is 7.99. The topological polar surface area (TPSA) is 99.2 Å². The van der Waals surface area contributed by atoms with Crippen molar-refractivity contribution in [2.45, 2.75) is 26.4 Å². The Balaban J connectivity index is 2.17. The summed E-state index contributed by atoms with van der Waals surface area (Å²) in [6, 6.07) is 2.99. The summed E-state index contributed by atoms with van der Waals surface area (Å²) < 4.78 is 11.7. The van der Waals surface area contributed by atoms with Crippen molar-refractivity contribution >= 4 is 40.1 Å². The number of fused-ring (bicyclic) bond motifs is 3. The van der Waals surface area contributed by atoms with Crippen molar-refractivity contribution in [2.75, 3.05) is 12.4 Å². The van der Waals surface area contributed by atoms with Gasteiger partial charge >= 0.3 is 12.1 Å². The molecule has 27 heavy (non-hydrogen) atoms. The molecule has 2 aromatic heterocycles. The van der Waals surface area contributed by atoms with Crippen LogP contribution in [0.15, 0.2) is 24.7 Å². The van der Waals surface area contributed by atoms with Crippen LogP contribution in [-0.4, -0.2) is 39.1 Å². The number of nitrogens with zero attached hydrogens (tertiary/aromatic N) is 4. The minimum atomic E-state index is -0.663. The number of methoxy groups -OCH3 is 1. The van der Waals surface area contributed by atoms with Gasteiger partial charge in [-0.3, -0.25) is 9.72 Å². The Morgan fingerprint density at radius 1 is 1.26 bits per heavy atom. The van der Waals surface area contributed by atoms with Gasteiger partial charge in [0.1, 0.15) is 11.1 Å². The first kappa shape index (κ1) is 18.1. The molecule has 0 saturated carbocycles. The van der Waals surface area contributed by atoms with Crippen molar-refractivity contribution in [3.8, 4) is 0 Å². The van der Waals surface area contributed by atoms with Gasteiger partial charge in [0.25, 0.3) is 0 Å². The number of carbonyl (C=O) groups is 2. The molecule has 0 bridgehead atoms. The van der Waals surface area contributed by atoms with Crippen molar-refractivity contribution in [3.05, 3.63) is 41.6 Å². The summed E-state index contributed by atoms with van der Waals surface area (Å²) in [6.07, 6.45) is 2.40. The molecule has 2 heterocycles. The number of hydrogen-bond acceptors (Lipinski definition) is 6. The maximum absolute atomic E-state index is 12.1. The van der Waals surface area contributed by atoms with E-state index < -0.39 is 17.7 Å². The molecule has 1 aromatic carbocycles. The molecule has 9 heteroatoms. The number of benzene rings is 1. The van der Waals surface area contributed by atoms with Gasteiger partial charge in [0.15, 0.2) is 5.82 Å². The van der Waals surface area contributed by atoms with E-state index in [9.17, 15) is 9.59 Å². The van der Waals surface area contributed by atoms with Crippen LogP contribution in [0.4, 0.5) is 16.3 Å². The zero-order valence-electron chi connectivity index (χ0n) is 15.2. The van der Waals surface area contributed by atoms with Crippen LogP contribution in [0.2, 0.25) is 0 Å². The average Bonchev–Trinajstić information content (AvgIpc) is 3.08. The highest BCUT2D eigenvalue weighted by molar-refractivity contribution is 6.02. The second-order valence-corrected chi connectivity index (χ2v) is 6.70. The molecule has 3 aromatic rings. The zero-order chi connectivity index (χ0) is 19.8. The summed E-state index contributed by atoms with van der Waals surface area (Å²) in [5, 5.41) is 2.60. The molecule has 1 N–H and O–H groups in total. The number of aromatic nitrogens is 3. The summed E-state index contributed by atoms with van der Waals surface area (Å²) in [7, 11) is 1.25. The number of anilines is 1. The number of ether oxygens (including phenoxy) is 2. The lowest BCUT2D eigenvalue weighted by Crippen LogP contribution is -2.27. The Hall–Kier alpha value is -3.67. The standard InChI is InChI=1S/C18H17N5O4/c1-18(2,3)27-17(25)22-15-14-8-20-9-23(14)13-6-10(16(24)26-5)11(19-4)7-12(13)21-15/h6-9H,1-3,5H3,(H,21,22,25). The van der Waals surface area contributed by atoms with Crippen LogP contribution in [-0.2, 0) is 9.47 Å². The van der Waals surface area contributed by atoms with Gasteiger partial charge in [0, 0.05) is 0 Å². The van der Waals surface area contributed by atoms with Crippen LogP contribution in [0, 0.1) is 6.57 Å². The summed E-state index contributed by atoms with van der Waals surface area (Å²) in [6.45, 7) is 12.6. The third-order valence-electron chi connectivity index (χ3n) is 3.61. The summed E-state index contributed by atoms with van der Waals surface area (Å²) >= 11 is 0. The maximum atomic E-state index is 12.1. The molecule has 0 spiro atoms. The first-order valence-electron chi connectivity index (χ1n) is 7.99. The van der Waals surface area contributed by atoms with Gasteiger partial charge in [0.05, 0.1) is 42.8 Å². The first-order chi connectivity index (χ1) is 12.7. The normalized spacial score (nSPS) is 11.2. The van der Waals surface area contributed by atoms with Crippen molar-refractivity contribution in [3.63, 3.8) is 0 Å². The van der Waals surface area contributed by atoms with Gasteiger partial charge in [-0.1, -0.05) is 0 Å². The number of hydrogen-bond donors (Lipinski definition) is 1. The third-order valence-corrected chi connectivity index (χ3v) is 3.61. The summed E-state index contributed by atoms with van der Waals surface area (Å²) in [4.78, 5) is 36.0. The molecule has 0 aliphatic carbocycles. The highest BCUT2D eigenvalue weighted by Gasteiger charge is 2.20. The third kappa shape index (κ3) is 3.50. The molecule has 138 valence electrons. The largest absolute Gasteiger partial charge is 0.466 e. The fourth-order valence-corrected chi connectivity index (χ4v) is 2.55. The van der Waals surface area contributed by atoms with E-state index in [2.05, 4.69) is 20.1 Å². The smallest absolute Gasteiger partial charge is 0.413 e. The van der Waals surface area contributed by atoms with Gasteiger partial charge in [-0.15, -0.1) is 0 Å². The van der Waals surface area contributed by atoms with E-state index in [-0.39, 0.29) is 17.1 Å². The Bertz CT molecular complexity index is 1100. The Morgan fingerprint density at radius 2 is 2.00 bits per heavy atom. The van der Waals surface area contributed by atoms with Crippen molar-refractivity contribution < 1.29 is 19.1 Å². The summed E-state index contributed by atoms with van der Waals surface area (Å²) in [5.74, 6) is -0.386. The molecule has 0 unspecified atom stereocenters. The van der Waals surface area contributed by atoms with Gasteiger partial charge in [-0.25, -0.2) is 24.4 Å². The predicted molar refractivity (Wildman–Crippen MR) is 98.0 cm³/mol. The van der Waals surface area contributed by atoms with Gasteiger partial charge in [-0.2, -0.15) is 0 Å². The van der Waals surface area contributed by atoms with Crippen LogP contribution in [0.25, 0.3) is 21.4 Å². The fraction of sp³-hybridized carbons (Fsp3) is 0.278. The number of esters is 1. The van der Waals surface area contributed by atoms with Gasteiger partial charge in [-0.05, 0) is 32.9 Å². The Kier molecular flexibility index (Phi) is 4.41. The van der Waals surface area contributed by atoms with Crippen LogP contribution in [0.3, 0.4) is 0 Å². The lowest BCUT2D eigenvalue weighted by Gasteiger charge is -2.19. The predicted octanol–water partition coefficient (Wildman–Crippen LogP) is 3.57. The highest BCUT2D eigenvalue weighted by atomic mass is 16.6. The molecule has 3 rings (SSSR count).